The van der Waals surface area contributed by atoms with Crippen molar-refractivity contribution in [1.82, 2.24) is 10.2 Å². The van der Waals surface area contributed by atoms with Gasteiger partial charge in [0.2, 0.25) is 0 Å². The fourth-order valence-corrected chi connectivity index (χ4v) is 4.32. The number of ether oxygens (including phenoxy) is 3. The summed E-state index contributed by atoms with van der Waals surface area (Å²) in [5, 5.41) is 3.14. The predicted molar refractivity (Wildman–Crippen MR) is 120 cm³/mol. The molecule has 1 amide bonds. The lowest BCUT2D eigenvalue weighted by Crippen LogP contribution is -2.36. The van der Waals surface area contributed by atoms with Crippen LogP contribution >= 0.6 is 0 Å². The van der Waals surface area contributed by atoms with E-state index in [1.54, 1.807) is 7.11 Å². The van der Waals surface area contributed by atoms with Crippen LogP contribution < -0.4 is 14.8 Å². The van der Waals surface area contributed by atoms with Crippen molar-refractivity contribution in [3.05, 3.63) is 59.7 Å². The molecule has 2 aliphatic rings. The van der Waals surface area contributed by atoms with Gasteiger partial charge in [0.1, 0.15) is 18.1 Å². The summed E-state index contributed by atoms with van der Waals surface area (Å²) >= 11 is 0. The monoisotopic (exact) mass is 424 g/mol. The van der Waals surface area contributed by atoms with Crippen molar-refractivity contribution in [1.29, 1.82) is 0 Å². The van der Waals surface area contributed by atoms with Crippen LogP contribution in [0.5, 0.6) is 11.5 Å². The summed E-state index contributed by atoms with van der Waals surface area (Å²) in [6.07, 6.45) is 4.67. The van der Waals surface area contributed by atoms with Gasteiger partial charge in [-0.15, -0.1) is 0 Å². The normalized spacial score (nSPS) is 19.8. The van der Waals surface area contributed by atoms with Crippen molar-refractivity contribution in [3.8, 4) is 11.5 Å². The zero-order chi connectivity index (χ0) is 21.5. The lowest BCUT2D eigenvalue weighted by Gasteiger charge is -2.28. The molecule has 0 aromatic heterocycles. The Morgan fingerprint density at radius 3 is 2.65 bits per heavy atom. The van der Waals surface area contributed by atoms with Crippen LogP contribution in [0.25, 0.3) is 0 Å². The molecule has 2 aromatic carbocycles. The minimum absolute atomic E-state index is 0.0831. The van der Waals surface area contributed by atoms with Crippen LogP contribution in [0.15, 0.2) is 48.5 Å². The van der Waals surface area contributed by atoms with Gasteiger partial charge < -0.3 is 19.5 Å². The molecule has 2 aliphatic heterocycles. The highest BCUT2D eigenvalue weighted by Crippen LogP contribution is 2.26. The first kappa shape index (κ1) is 21.7. The Hall–Kier alpha value is -2.57. The van der Waals surface area contributed by atoms with Gasteiger partial charge in [-0.05, 0) is 74.7 Å². The molecule has 166 valence electrons. The van der Waals surface area contributed by atoms with Crippen LogP contribution in [0.1, 0.15) is 47.6 Å². The van der Waals surface area contributed by atoms with E-state index in [-0.39, 0.29) is 18.1 Å². The van der Waals surface area contributed by atoms with Crippen molar-refractivity contribution < 1.29 is 19.0 Å². The second-order valence-electron chi connectivity index (χ2n) is 8.22. The van der Waals surface area contributed by atoms with E-state index in [4.69, 9.17) is 14.2 Å². The maximum Gasteiger partial charge on any atom is 0.251 e. The maximum absolute atomic E-state index is 12.9. The summed E-state index contributed by atoms with van der Waals surface area (Å²) < 4.78 is 16.8. The highest BCUT2D eigenvalue weighted by Gasteiger charge is 2.24. The molecule has 2 heterocycles. The zero-order valence-electron chi connectivity index (χ0n) is 18.2. The Bertz CT molecular complexity index is 843. The number of amides is 1. The Morgan fingerprint density at radius 1 is 1.13 bits per heavy atom. The molecule has 2 aromatic rings. The topological polar surface area (TPSA) is 60.0 Å². The van der Waals surface area contributed by atoms with Gasteiger partial charge in [0.05, 0.1) is 19.3 Å². The number of nitrogens with one attached hydrogen (secondary N) is 1. The Balaban J connectivity index is 1.38. The van der Waals surface area contributed by atoms with Crippen LogP contribution in [-0.4, -0.2) is 56.9 Å². The van der Waals surface area contributed by atoms with E-state index in [1.807, 2.05) is 36.4 Å². The van der Waals surface area contributed by atoms with Crippen molar-refractivity contribution in [3.63, 3.8) is 0 Å². The average molecular weight is 425 g/mol. The number of methoxy groups -OCH3 is 1. The number of hydrogen-bond donors (Lipinski definition) is 1. The molecular formula is C25H32N2O4. The zero-order valence-corrected chi connectivity index (χ0v) is 18.2. The molecule has 4 rings (SSSR count). The Labute approximate surface area is 184 Å². The van der Waals surface area contributed by atoms with Gasteiger partial charge in [-0.1, -0.05) is 18.2 Å². The van der Waals surface area contributed by atoms with Gasteiger partial charge in [-0.2, -0.15) is 0 Å². The molecule has 0 radical (unpaired) electrons. The molecule has 0 aliphatic carbocycles. The molecule has 1 N–H and O–H groups in total. The molecule has 6 heteroatoms. The van der Waals surface area contributed by atoms with E-state index in [1.165, 1.54) is 18.4 Å². The van der Waals surface area contributed by atoms with E-state index >= 15 is 0 Å². The van der Waals surface area contributed by atoms with Crippen LogP contribution in [0.2, 0.25) is 0 Å². The second kappa shape index (κ2) is 10.6. The predicted octanol–water partition coefficient (Wildman–Crippen LogP) is 3.82. The van der Waals surface area contributed by atoms with E-state index < -0.39 is 0 Å². The number of likely N-dealkylation sites (tertiary alicyclic amines) is 1. The molecular weight excluding hydrogens is 392 g/mol. The molecule has 31 heavy (non-hydrogen) atoms. The highest BCUT2D eigenvalue weighted by atomic mass is 16.5. The van der Waals surface area contributed by atoms with Crippen LogP contribution in [-0.2, 0) is 4.74 Å². The molecule has 6 nitrogen and oxygen atoms in total. The van der Waals surface area contributed by atoms with Gasteiger partial charge in [0.25, 0.3) is 5.91 Å². The van der Waals surface area contributed by atoms with E-state index in [9.17, 15) is 4.79 Å². The smallest absolute Gasteiger partial charge is 0.251 e. The molecule has 0 bridgehead atoms. The summed E-state index contributed by atoms with van der Waals surface area (Å²) in [7, 11) is 1.67. The molecule has 2 saturated heterocycles. The largest absolute Gasteiger partial charge is 0.497 e. The number of carbonyl (C=O) groups is 1. The van der Waals surface area contributed by atoms with Crippen LogP contribution in [0.3, 0.4) is 0 Å². The summed E-state index contributed by atoms with van der Waals surface area (Å²) in [6, 6.07) is 15.7. The highest BCUT2D eigenvalue weighted by molar-refractivity contribution is 5.94. The molecule has 0 spiro atoms. The number of rotatable bonds is 9. The Morgan fingerprint density at radius 2 is 1.94 bits per heavy atom. The average Bonchev–Trinajstić information content (AvgIpc) is 3.53. The lowest BCUT2D eigenvalue weighted by atomic mass is 10.0. The van der Waals surface area contributed by atoms with Crippen molar-refractivity contribution in [2.24, 2.45) is 0 Å². The number of benzene rings is 2. The number of carbonyl (C=O) groups excluding carboxylic acids is 1. The molecule has 2 fully saturated rings. The van der Waals surface area contributed by atoms with Gasteiger partial charge in [0, 0.05) is 18.7 Å². The van der Waals surface area contributed by atoms with E-state index in [2.05, 4.69) is 22.3 Å². The van der Waals surface area contributed by atoms with Gasteiger partial charge in [0.15, 0.2) is 0 Å². The third-order valence-electron chi connectivity index (χ3n) is 6.09. The number of hydrogen-bond acceptors (Lipinski definition) is 5. The van der Waals surface area contributed by atoms with E-state index in [0.717, 1.165) is 38.3 Å². The van der Waals surface area contributed by atoms with Crippen molar-refractivity contribution in [2.45, 2.75) is 37.8 Å². The van der Waals surface area contributed by atoms with Crippen molar-refractivity contribution >= 4 is 5.91 Å². The first-order chi connectivity index (χ1) is 15.2. The fourth-order valence-electron chi connectivity index (χ4n) is 4.32. The third-order valence-corrected chi connectivity index (χ3v) is 6.09. The standard InChI is InChI=1S/C25H32N2O4/c1-29-21-11-9-19(10-12-21)24(27-13-2-3-14-27)17-26-25(28)20-6-4-7-22(16-20)31-18-23-8-5-15-30-23/h4,6-7,9-12,16,23-24H,2-3,5,8,13-15,17-18H2,1H3,(H,26,28). The molecule has 0 saturated carbocycles. The first-order valence-electron chi connectivity index (χ1n) is 11.2. The summed E-state index contributed by atoms with van der Waals surface area (Å²) in [5.41, 5.74) is 1.80. The van der Waals surface area contributed by atoms with Crippen LogP contribution in [0, 0.1) is 0 Å². The minimum atomic E-state index is -0.0831. The fraction of sp³-hybridized carbons (Fsp3) is 0.480. The van der Waals surface area contributed by atoms with E-state index in [0.29, 0.717) is 24.5 Å². The maximum atomic E-state index is 12.9. The third kappa shape index (κ3) is 5.77. The van der Waals surface area contributed by atoms with Gasteiger partial charge in [-0.3, -0.25) is 9.69 Å². The summed E-state index contributed by atoms with van der Waals surface area (Å²) in [6.45, 7) is 4.01. The summed E-state index contributed by atoms with van der Waals surface area (Å²) in [4.78, 5) is 15.3. The van der Waals surface area contributed by atoms with Crippen LogP contribution in [0.4, 0.5) is 0 Å². The number of nitrogens with zero attached hydrogens (tertiary/aromatic N) is 1. The molecule has 2 unspecified atom stereocenters. The quantitative estimate of drug-likeness (QED) is 0.663. The lowest BCUT2D eigenvalue weighted by molar-refractivity contribution is 0.0679. The van der Waals surface area contributed by atoms with Gasteiger partial charge in [-0.25, -0.2) is 0 Å². The Kier molecular flexibility index (Phi) is 7.43. The molecule has 2 atom stereocenters. The SMILES string of the molecule is COc1ccc(C(CNC(=O)c2cccc(OCC3CCCO3)c2)N2CCCC2)cc1. The first-order valence-corrected chi connectivity index (χ1v) is 11.2. The summed E-state index contributed by atoms with van der Waals surface area (Å²) in [5.74, 6) is 1.46. The minimum Gasteiger partial charge on any atom is -0.497 e. The van der Waals surface area contributed by atoms with Crippen molar-refractivity contribution in [2.75, 3.05) is 40.0 Å². The second-order valence-corrected chi connectivity index (χ2v) is 8.22. The van der Waals surface area contributed by atoms with Gasteiger partial charge >= 0.3 is 0 Å².